The SMILES string of the molecule is CN(C)c1cccc(CP(C)(C)=O)c1. The zero-order chi connectivity index (χ0) is 10.8. The Morgan fingerprint density at radius 2 is 1.93 bits per heavy atom. The van der Waals surface area contributed by atoms with E-state index < -0.39 is 7.14 Å². The summed E-state index contributed by atoms with van der Waals surface area (Å²) in [6.45, 7) is 3.66. The Hall–Kier alpha value is -0.750. The lowest BCUT2D eigenvalue weighted by Crippen LogP contribution is -2.08. The van der Waals surface area contributed by atoms with E-state index in [1.165, 1.54) is 0 Å². The minimum atomic E-state index is -1.96. The first-order valence-corrected chi connectivity index (χ1v) is 7.47. The van der Waals surface area contributed by atoms with Gasteiger partial charge in [0.25, 0.3) is 0 Å². The van der Waals surface area contributed by atoms with Crippen molar-refractivity contribution in [2.75, 3.05) is 32.3 Å². The number of nitrogens with zero attached hydrogens (tertiary/aromatic N) is 1. The molecule has 0 aliphatic carbocycles. The van der Waals surface area contributed by atoms with Gasteiger partial charge in [-0.15, -0.1) is 0 Å². The van der Waals surface area contributed by atoms with Crippen molar-refractivity contribution in [3.63, 3.8) is 0 Å². The average Bonchev–Trinajstić information content (AvgIpc) is 2.01. The minimum absolute atomic E-state index is 0.689. The first-order chi connectivity index (χ1) is 6.38. The Balaban J connectivity index is 2.89. The standard InChI is InChI=1S/C11H18NOP/c1-12(2)11-7-5-6-10(8-11)9-14(3,4)13/h5-8H,9H2,1-4H3. The topological polar surface area (TPSA) is 20.3 Å². The van der Waals surface area contributed by atoms with Crippen LogP contribution in [-0.2, 0) is 10.7 Å². The highest BCUT2D eigenvalue weighted by Crippen LogP contribution is 2.40. The van der Waals surface area contributed by atoms with Gasteiger partial charge in [0.05, 0.1) is 7.14 Å². The molecule has 0 aliphatic rings. The molecular weight excluding hydrogens is 193 g/mol. The molecule has 1 aromatic carbocycles. The van der Waals surface area contributed by atoms with Crippen molar-refractivity contribution in [2.45, 2.75) is 6.16 Å². The summed E-state index contributed by atoms with van der Waals surface area (Å²) in [5.74, 6) is 0. The maximum absolute atomic E-state index is 11.7. The fourth-order valence-electron chi connectivity index (χ4n) is 1.37. The third kappa shape index (κ3) is 3.55. The van der Waals surface area contributed by atoms with Crippen molar-refractivity contribution in [3.8, 4) is 0 Å². The van der Waals surface area contributed by atoms with Crippen molar-refractivity contribution in [1.29, 1.82) is 0 Å². The quantitative estimate of drug-likeness (QED) is 0.716. The van der Waals surface area contributed by atoms with Gasteiger partial charge >= 0.3 is 0 Å². The van der Waals surface area contributed by atoms with E-state index in [1.807, 2.05) is 39.6 Å². The molecule has 1 aromatic rings. The molecule has 0 radical (unpaired) electrons. The van der Waals surface area contributed by atoms with E-state index >= 15 is 0 Å². The molecule has 0 aliphatic heterocycles. The summed E-state index contributed by atoms with van der Waals surface area (Å²) < 4.78 is 11.7. The molecular formula is C11H18NOP. The van der Waals surface area contributed by atoms with Crippen LogP contribution >= 0.6 is 7.14 Å². The maximum atomic E-state index is 11.7. The molecule has 0 amide bonds. The van der Waals surface area contributed by atoms with Crippen LogP contribution in [0.25, 0.3) is 0 Å². The molecule has 3 heteroatoms. The zero-order valence-electron chi connectivity index (χ0n) is 9.32. The van der Waals surface area contributed by atoms with E-state index in [0.717, 1.165) is 11.3 Å². The lowest BCUT2D eigenvalue weighted by Gasteiger charge is -2.14. The fraction of sp³-hybridized carbons (Fsp3) is 0.455. The Bertz CT molecular complexity index is 354. The predicted octanol–water partition coefficient (Wildman–Crippen LogP) is 2.88. The molecule has 0 spiro atoms. The van der Waals surface area contributed by atoms with Gasteiger partial charge in [-0.05, 0) is 31.0 Å². The third-order valence-electron chi connectivity index (χ3n) is 1.99. The summed E-state index contributed by atoms with van der Waals surface area (Å²) in [5.41, 5.74) is 2.32. The summed E-state index contributed by atoms with van der Waals surface area (Å²) in [4.78, 5) is 2.06. The molecule has 14 heavy (non-hydrogen) atoms. The second-order valence-corrected chi connectivity index (χ2v) is 7.76. The Labute approximate surface area is 86.3 Å². The van der Waals surface area contributed by atoms with Crippen LogP contribution in [0, 0.1) is 0 Å². The van der Waals surface area contributed by atoms with Gasteiger partial charge in [0.2, 0.25) is 0 Å². The van der Waals surface area contributed by atoms with Crippen LogP contribution in [0.5, 0.6) is 0 Å². The van der Waals surface area contributed by atoms with Crippen LogP contribution in [0.1, 0.15) is 5.56 Å². The second kappa shape index (κ2) is 4.18. The lowest BCUT2D eigenvalue weighted by atomic mass is 10.2. The van der Waals surface area contributed by atoms with E-state index in [2.05, 4.69) is 17.0 Å². The van der Waals surface area contributed by atoms with E-state index in [0.29, 0.717) is 6.16 Å². The van der Waals surface area contributed by atoms with Crippen LogP contribution in [0.2, 0.25) is 0 Å². The van der Waals surface area contributed by atoms with Gasteiger partial charge in [-0.1, -0.05) is 12.1 Å². The number of anilines is 1. The van der Waals surface area contributed by atoms with Gasteiger partial charge in [0, 0.05) is 25.9 Å². The Morgan fingerprint density at radius 1 is 1.29 bits per heavy atom. The highest BCUT2D eigenvalue weighted by Gasteiger charge is 2.08. The number of rotatable bonds is 3. The van der Waals surface area contributed by atoms with Crippen LogP contribution < -0.4 is 4.90 Å². The highest BCUT2D eigenvalue weighted by atomic mass is 31.2. The summed E-state index contributed by atoms with van der Waals surface area (Å²) >= 11 is 0. The average molecular weight is 211 g/mol. The monoisotopic (exact) mass is 211 g/mol. The van der Waals surface area contributed by atoms with Gasteiger partial charge in [-0.25, -0.2) is 0 Å². The van der Waals surface area contributed by atoms with Gasteiger partial charge in [0.1, 0.15) is 0 Å². The van der Waals surface area contributed by atoms with Crippen LogP contribution in [0.3, 0.4) is 0 Å². The lowest BCUT2D eigenvalue weighted by molar-refractivity contribution is 0.582. The third-order valence-corrected chi connectivity index (χ3v) is 3.12. The van der Waals surface area contributed by atoms with E-state index in [9.17, 15) is 4.57 Å². The summed E-state index contributed by atoms with van der Waals surface area (Å²) in [5, 5.41) is 0. The van der Waals surface area contributed by atoms with E-state index in [1.54, 1.807) is 0 Å². The number of hydrogen-bond acceptors (Lipinski definition) is 2. The smallest absolute Gasteiger partial charge is 0.0861 e. The van der Waals surface area contributed by atoms with Gasteiger partial charge in [-0.3, -0.25) is 0 Å². The molecule has 0 saturated carbocycles. The van der Waals surface area contributed by atoms with Crippen LogP contribution in [0.4, 0.5) is 5.69 Å². The van der Waals surface area contributed by atoms with Crippen molar-refractivity contribution in [1.82, 2.24) is 0 Å². The molecule has 0 heterocycles. The first-order valence-electron chi connectivity index (χ1n) is 4.69. The molecule has 0 bridgehead atoms. The predicted molar refractivity (Wildman–Crippen MR) is 63.9 cm³/mol. The van der Waals surface area contributed by atoms with Gasteiger partial charge in [0.15, 0.2) is 0 Å². The molecule has 0 saturated heterocycles. The molecule has 0 unspecified atom stereocenters. The summed E-state index contributed by atoms with van der Waals surface area (Å²) in [6.07, 6.45) is 0.689. The first kappa shape index (κ1) is 11.3. The van der Waals surface area contributed by atoms with Crippen molar-refractivity contribution < 1.29 is 4.57 Å². The fourth-order valence-corrected chi connectivity index (χ4v) is 2.45. The van der Waals surface area contributed by atoms with Gasteiger partial charge < -0.3 is 9.46 Å². The maximum Gasteiger partial charge on any atom is 0.0861 e. The zero-order valence-corrected chi connectivity index (χ0v) is 10.2. The molecule has 0 atom stereocenters. The van der Waals surface area contributed by atoms with Crippen LogP contribution in [-0.4, -0.2) is 27.4 Å². The number of benzene rings is 1. The Morgan fingerprint density at radius 3 is 2.43 bits per heavy atom. The van der Waals surface area contributed by atoms with Crippen LogP contribution in [0.15, 0.2) is 24.3 Å². The number of hydrogen-bond donors (Lipinski definition) is 0. The largest absolute Gasteiger partial charge is 0.378 e. The molecule has 0 N–H and O–H groups in total. The highest BCUT2D eigenvalue weighted by molar-refractivity contribution is 7.61. The van der Waals surface area contributed by atoms with Crippen molar-refractivity contribution in [2.24, 2.45) is 0 Å². The van der Waals surface area contributed by atoms with Crippen molar-refractivity contribution in [3.05, 3.63) is 29.8 Å². The molecule has 1 rings (SSSR count). The molecule has 2 nitrogen and oxygen atoms in total. The summed E-state index contributed by atoms with van der Waals surface area (Å²) in [6, 6.07) is 8.20. The van der Waals surface area contributed by atoms with E-state index in [4.69, 9.17) is 0 Å². The van der Waals surface area contributed by atoms with E-state index in [-0.39, 0.29) is 0 Å². The minimum Gasteiger partial charge on any atom is -0.378 e. The molecule has 0 fully saturated rings. The second-order valence-electron chi connectivity index (χ2n) is 4.30. The normalized spacial score (nSPS) is 11.4. The molecule has 78 valence electrons. The summed E-state index contributed by atoms with van der Waals surface area (Å²) in [7, 11) is 2.06. The Kier molecular flexibility index (Phi) is 3.38. The molecule has 0 aromatic heterocycles. The van der Waals surface area contributed by atoms with Crippen molar-refractivity contribution >= 4 is 12.8 Å². The van der Waals surface area contributed by atoms with Gasteiger partial charge in [-0.2, -0.15) is 0 Å².